The van der Waals surface area contributed by atoms with Crippen LogP contribution in [0.5, 0.6) is 0 Å². The van der Waals surface area contributed by atoms with Gasteiger partial charge in [0.1, 0.15) is 0 Å². The number of nitrogens with zero attached hydrogens (tertiary/aromatic N) is 3. The summed E-state index contributed by atoms with van der Waals surface area (Å²) in [5, 5.41) is 3.10. The molecule has 1 atom stereocenters. The Kier molecular flexibility index (Phi) is 6.85. The average Bonchev–Trinajstić information content (AvgIpc) is 2.90. The molecule has 1 fully saturated rings. The molecule has 1 amide bonds. The van der Waals surface area contributed by atoms with Crippen LogP contribution in [-0.2, 0) is 17.9 Å². The van der Waals surface area contributed by atoms with E-state index in [0.29, 0.717) is 32.0 Å². The van der Waals surface area contributed by atoms with Crippen LogP contribution < -0.4 is 15.8 Å². The predicted molar refractivity (Wildman–Crippen MR) is 144 cm³/mol. The molecule has 1 saturated heterocycles. The van der Waals surface area contributed by atoms with Crippen LogP contribution in [0.15, 0.2) is 77.6 Å². The fourth-order valence-corrected chi connectivity index (χ4v) is 4.94. The van der Waals surface area contributed by atoms with Crippen LogP contribution in [0, 0.1) is 19.8 Å². The molecule has 4 aromatic rings. The average molecular weight is 481 g/mol. The summed E-state index contributed by atoms with van der Waals surface area (Å²) < 4.78 is 1.81. The van der Waals surface area contributed by atoms with Crippen LogP contribution in [0.1, 0.15) is 35.1 Å². The van der Waals surface area contributed by atoms with Gasteiger partial charge in [0.05, 0.1) is 23.5 Å². The number of fused-ring (bicyclic) bond motifs is 1. The van der Waals surface area contributed by atoms with Crippen LogP contribution in [0.4, 0.5) is 5.82 Å². The summed E-state index contributed by atoms with van der Waals surface area (Å²) in [4.78, 5) is 33.6. The third-order valence-electron chi connectivity index (χ3n) is 7.10. The number of aromatic nitrogens is 2. The van der Waals surface area contributed by atoms with Crippen molar-refractivity contribution >= 4 is 22.8 Å². The van der Waals surface area contributed by atoms with Gasteiger partial charge in [-0.25, -0.2) is 4.98 Å². The topological polar surface area (TPSA) is 67.2 Å². The maximum atomic E-state index is 13.7. The molecule has 0 aliphatic carbocycles. The van der Waals surface area contributed by atoms with Gasteiger partial charge in [0.2, 0.25) is 5.91 Å². The van der Waals surface area contributed by atoms with Crippen molar-refractivity contribution in [3.63, 3.8) is 0 Å². The highest BCUT2D eigenvalue weighted by molar-refractivity contribution is 5.80. The number of carbonyl (C=O) groups is 1. The fourth-order valence-electron chi connectivity index (χ4n) is 4.94. The Morgan fingerprint density at radius 1 is 1.00 bits per heavy atom. The Hall–Kier alpha value is -3.93. The fraction of sp³-hybridized carbons (Fsp3) is 0.300. The molecule has 36 heavy (non-hydrogen) atoms. The molecule has 3 aromatic carbocycles. The molecule has 6 heteroatoms. The Morgan fingerprint density at radius 3 is 2.56 bits per heavy atom. The number of para-hydroxylation sites is 2. The van der Waals surface area contributed by atoms with Crippen molar-refractivity contribution in [2.24, 2.45) is 5.92 Å². The van der Waals surface area contributed by atoms with E-state index in [9.17, 15) is 9.59 Å². The highest BCUT2D eigenvalue weighted by atomic mass is 16.2. The molecule has 1 N–H and O–H groups in total. The van der Waals surface area contributed by atoms with Crippen molar-refractivity contribution in [2.45, 2.75) is 39.8 Å². The number of amides is 1. The van der Waals surface area contributed by atoms with Crippen molar-refractivity contribution in [3.8, 4) is 0 Å². The third-order valence-corrected chi connectivity index (χ3v) is 7.10. The zero-order chi connectivity index (χ0) is 25.1. The smallest absolute Gasteiger partial charge is 0.294 e. The highest BCUT2D eigenvalue weighted by Gasteiger charge is 2.28. The van der Waals surface area contributed by atoms with Gasteiger partial charge in [-0.3, -0.25) is 14.2 Å². The lowest BCUT2D eigenvalue weighted by atomic mass is 9.97. The molecule has 1 aliphatic heterocycles. The molecule has 5 rings (SSSR count). The molecule has 0 unspecified atom stereocenters. The van der Waals surface area contributed by atoms with Gasteiger partial charge in [-0.15, -0.1) is 0 Å². The van der Waals surface area contributed by atoms with E-state index in [1.807, 2.05) is 51.9 Å². The van der Waals surface area contributed by atoms with Gasteiger partial charge < -0.3 is 10.2 Å². The molecular formula is C30H32N4O2. The van der Waals surface area contributed by atoms with Crippen molar-refractivity contribution in [2.75, 3.05) is 18.0 Å². The van der Waals surface area contributed by atoms with Gasteiger partial charge in [0.15, 0.2) is 5.82 Å². The standard InChI is InChI=1S/C30H32N4O2/c1-21-13-15-23(16-14-21)19-34-27-12-6-5-11-26(27)32-28(30(34)36)33-17-7-10-25(20-33)29(35)31-18-24-9-4-3-8-22(24)2/h3-6,8-9,11-16,25H,7,10,17-20H2,1-2H3,(H,31,35)/t25-/m0/s1. The van der Waals surface area contributed by atoms with Crippen LogP contribution in [0.3, 0.4) is 0 Å². The van der Waals surface area contributed by atoms with Crippen molar-refractivity contribution in [1.82, 2.24) is 14.9 Å². The quantitative estimate of drug-likeness (QED) is 0.438. The zero-order valence-corrected chi connectivity index (χ0v) is 20.9. The van der Waals surface area contributed by atoms with Crippen molar-refractivity contribution in [3.05, 3.63) is 105 Å². The molecule has 2 heterocycles. The first kappa shape index (κ1) is 23.8. The predicted octanol–water partition coefficient (Wildman–Crippen LogP) is 4.59. The van der Waals surface area contributed by atoms with Gasteiger partial charge in [0, 0.05) is 19.6 Å². The second-order valence-electron chi connectivity index (χ2n) is 9.73. The van der Waals surface area contributed by atoms with Crippen molar-refractivity contribution in [1.29, 1.82) is 0 Å². The number of benzene rings is 3. The van der Waals surface area contributed by atoms with Gasteiger partial charge in [-0.1, -0.05) is 66.2 Å². The molecule has 0 spiro atoms. The Morgan fingerprint density at radius 2 is 1.75 bits per heavy atom. The first-order chi connectivity index (χ1) is 17.5. The van der Waals surface area contributed by atoms with E-state index in [1.165, 1.54) is 5.56 Å². The van der Waals surface area contributed by atoms with Crippen LogP contribution in [-0.4, -0.2) is 28.5 Å². The van der Waals surface area contributed by atoms with E-state index in [2.05, 4.69) is 49.5 Å². The number of carbonyl (C=O) groups excluding carboxylic acids is 1. The molecule has 0 radical (unpaired) electrons. The summed E-state index contributed by atoms with van der Waals surface area (Å²) >= 11 is 0. The lowest BCUT2D eigenvalue weighted by Crippen LogP contribution is -2.45. The van der Waals surface area contributed by atoms with Gasteiger partial charge in [-0.2, -0.15) is 0 Å². The number of piperidine rings is 1. The second kappa shape index (κ2) is 10.4. The SMILES string of the molecule is Cc1ccc(Cn2c(=O)c(N3CCC[C@H](C(=O)NCc4ccccc4C)C3)nc3ccccc32)cc1. The molecule has 6 nitrogen and oxygen atoms in total. The number of hydrogen-bond acceptors (Lipinski definition) is 4. The third kappa shape index (κ3) is 5.03. The largest absolute Gasteiger partial charge is 0.352 e. The number of hydrogen-bond donors (Lipinski definition) is 1. The summed E-state index contributed by atoms with van der Waals surface area (Å²) in [6.45, 7) is 6.30. The van der Waals surface area contributed by atoms with Crippen LogP contribution >= 0.6 is 0 Å². The summed E-state index contributed by atoms with van der Waals surface area (Å²) in [5.41, 5.74) is 6.02. The molecule has 0 saturated carbocycles. The first-order valence-electron chi connectivity index (χ1n) is 12.6. The van der Waals surface area contributed by atoms with E-state index in [0.717, 1.165) is 40.6 Å². The number of aryl methyl sites for hydroxylation is 2. The van der Waals surface area contributed by atoms with Gasteiger partial charge in [0.25, 0.3) is 5.56 Å². The second-order valence-corrected chi connectivity index (χ2v) is 9.73. The van der Waals surface area contributed by atoms with Gasteiger partial charge >= 0.3 is 0 Å². The Balaban J connectivity index is 1.40. The Bertz CT molecular complexity index is 1440. The van der Waals surface area contributed by atoms with Crippen LogP contribution in [0.2, 0.25) is 0 Å². The first-order valence-corrected chi connectivity index (χ1v) is 12.6. The number of anilines is 1. The van der Waals surface area contributed by atoms with Crippen molar-refractivity contribution < 1.29 is 4.79 Å². The zero-order valence-electron chi connectivity index (χ0n) is 20.9. The van der Waals surface area contributed by atoms with E-state index < -0.39 is 0 Å². The maximum Gasteiger partial charge on any atom is 0.294 e. The Labute approximate surface area is 211 Å². The molecule has 1 aromatic heterocycles. The van der Waals surface area contributed by atoms with E-state index in [4.69, 9.17) is 4.98 Å². The minimum absolute atomic E-state index is 0.0312. The highest BCUT2D eigenvalue weighted by Crippen LogP contribution is 2.23. The normalized spacial score (nSPS) is 15.7. The molecule has 1 aliphatic rings. The minimum Gasteiger partial charge on any atom is -0.352 e. The summed E-state index contributed by atoms with van der Waals surface area (Å²) in [5.74, 6) is 0.280. The lowest BCUT2D eigenvalue weighted by molar-refractivity contribution is -0.125. The summed E-state index contributed by atoms with van der Waals surface area (Å²) in [7, 11) is 0. The molecular weight excluding hydrogens is 448 g/mol. The van der Waals surface area contributed by atoms with E-state index >= 15 is 0 Å². The monoisotopic (exact) mass is 480 g/mol. The molecule has 184 valence electrons. The summed E-state index contributed by atoms with van der Waals surface area (Å²) in [6, 6.07) is 24.1. The number of rotatable bonds is 6. The van der Waals surface area contributed by atoms with E-state index in [-0.39, 0.29) is 17.4 Å². The minimum atomic E-state index is -0.180. The van der Waals surface area contributed by atoms with E-state index in [1.54, 1.807) is 0 Å². The number of nitrogens with one attached hydrogen (secondary N) is 1. The maximum absolute atomic E-state index is 13.7. The lowest BCUT2D eigenvalue weighted by Gasteiger charge is -2.33. The van der Waals surface area contributed by atoms with Crippen LogP contribution in [0.25, 0.3) is 11.0 Å². The van der Waals surface area contributed by atoms with Gasteiger partial charge in [-0.05, 0) is 55.5 Å². The summed E-state index contributed by atoms with van der Waals surface area (Å²) in [6.07, 6.45) is 1.65. The molecule has 0 bridgehead atoms.